The minimum absolute atomic E-state index is 0.354. The van der Waals surface area contributed by atoms with Crippen molar-refractivity contribution in [3.8, 4) is 11.5 Å². The van der Waals surface area contributed by atoms with Crippen molar-refractivity contribution in [1.82, 2.24) is 39.7 Å². The Labute approximate surface area is 127 Å². The standard InChI is InChI=1S/C14H18N8/c1-3-22-13(17-12(20-22)11-6-7-15-18-11)9-4-5-10(9)14-19-16-8-21(14)2/h6-10H,3-5H2,1-2H3,(H,15,18)/t9-,10+/m1/s1. The van der Waals surface area contributed by atoms with E-state index in [1.165, 1.54) is 0 Å². The van der Waals surface area contributed by atoms with Crippen molar-refractivity contribution in [3.63, 3.8) is 0 Å². The lowest BCUT2D eigenvalue weighted by Gasteiger charge is -2.34. The van der Waals surface area contributed by atoms with Crippen LogP contribution in [0.15, 0.2) is 18.6 Å². The summed E-state index contributed by atoms with van der Waals surface area (Å²) in [6.45, 7) is 2.89. The Hall–Kier alpha value is -2.51. The number of hydrogen-bond donors (Lipinski definition) is 1. The van der Waals surface area contributed by atoms with Crippen LogP contribution in [0.2, 0.25) is 0 Å². The smallest absolute Gasteiger partial charge is 0.199 e. The van der Waals surface area contributed by atoms with Crippen LogP contribution in [-0.2, 0) is 13.6 Å². The molecule has 3 aromatic heterocycles. The van der Waals surface area contributed by atoms with Crippen LogP contribution in [0.4, 0.5) is 0 Å². The number of aromatic nitrogens is 8. The third-order valence-corrected chi connectivity index (χ3v) is 4.43. The summed E-state index contributed by atoms with van der Waals surface area (Å²) in [7, 11) is 1.99. The van der Waals surface area contributed by atoms with Gasteiger partial charge in [0.15, 0.2) is 5.82 Å². The van der Waals surface area contributed by atoms with E-state index in [4.69, 9.17) is 4.98 Å². The molecule has 0 saturated heterocycles. The van der Waals surface area contributed by atoms with Crippen LogP contribution in [0.3, 0.4) is 0 Å². The number of H-pyrrole nitrogens is 1. The molecular formula is C14H18N8. The second kappa shape index (κ2) is 5.04. The molecule has 1 aliphatic rings. The molecular weight excluding hydrogens is 280 g/mol. The van der Waals surface area contributed by atoms with Crippen molar-refractivity contribution in [1.29, 1.82) is 0 Å². The Kier molecular flexibility index (Phi) is 3.02. The first-order valence-electron chi connectivity index (χ1n) is 7.56. The van der Waals surface area contributed by atoms with E-state index in [0.29, 0.717) is 17.7 Å². The van der Waals surface area contributed by atoms with E-state index in [2.05, 4.69) is 32.4 Å². The maximum absolute atomic E-state index is 4.76. The van der Waals surface area contributed by atoms with Gasteiger partial charge in [-0.25, -0.2) is 9.67 Å². The highest BCUT2D eigenvalue weighted by Crippen LogP contribution is 2.47. The predicted molar refractivity (Wildman–Crippen MR) is 79.0 cm³/mol. The molecule has 4 rings (SSSR count). The number of aromatic amines is 1. The third-order valence-electron chi connectivity index (χ3n) is 4.43. The predicted octanol–water partition coefficient (Wildman–Crippen LogP) is 1.48. The van der Waals surface area contributed by atoms with E-state index in [-0.39, 0.29) is 0 Å². The van der Waals surface area contributed by atoms with Gasteiger partial charge in [-0.3, -0.25) is 5.10 Å². The average Bonchev–Trinajstić information content (AvgIpc) is 3.19. The van der Waals surface area contributed by atoms with Crippen molar-refractivity contribution in [2.45, 2.75) is 38.1 Å². The van der Waals surface area contributed by atoms with Crippen molar-refractivity contribution < 1.29 is 0 Å². The van der Waals surface area contributed by atoms with Gasteiger partial charge in [0.25, 0.3) is 0 Å². The van der Waals surface area contributed by atoms with Gasteiger partial charge in [0, 0.05) is 31.6 Å². The van der Waals surface area contributed by atoms with Gasteiger partial charge in [0.05, 0.1) is 0 Å². The molecule has 0 aliphatic heterocycles. The lowest BCUT2D eigenvalue weighted by atomic mass is 9.72. The van der Waals surface area contributed by atoms with E-state index >= 15 is 0 Å². The molecule has 1 aliphatic carbocycles. The quantitative estimate of drug-likeness (QED) is 0.788. The molecule has 8 nitrogen and oxygen atoms in total. The van der Waals surface area contributed by atoms with Gasteiger partial charge in [-0.05, 0) is 25.8 Å². The maximum atomic E-state index is 4.76. The second-order valence-electron chi connectivity index (χ2n) is 5.67. The van der Waals surface area contributed by atoms with E-state index in [1.807, 2.05) is 22.4 Å². The van der Waals surface area contributed by atoms with Crippen molar-refractivity contribution in [2.24, 2.45) is 7.05 Å². The number of rotatable bonds is 4. The third kappa shape index (κ3) is 1.94. The van der Waals surface area contributed by atoms with Gasteiger partial charge in [-0.15, -0.1) is 15.3 Å². The zero-order chi connectivity index (χ0) is 15.1. The molecule has 1 N–H and O–H groups in total. The summed E-state index contributed by atoms with van der Waals surface area (Å²) in [5, 5.41) is 19.8. The Morgan fingerprint density at radius 1 is 1.27 bits per heavy atom. The van der Waals surface area contributed by atoms with E-state index in [9.17, 15) is 0 Å². The maximum Gasteiger partial charge on any atom is 0.199 e. The number of aryl methyl sites for hydroxylation is 2. The summed E-state index contributed by atoms with van der Waals surface area (Å²) in [6, 6.07) is 1.89. The molecule has 0 amide bonds. The Morgan fingerprint density at radius 3 is 2.68 bits per heavy atom. The molecule has 0 unspecified atom stereocenters. The first kappa shape index (κ1) is 13.2. The zero-order valence-corrected chi connectivity index (χ0v) is 12.6. The molecule has 1 saturated carbocycles. The summed E-state index contributed by atoms with van der Waals surface area (Å²) in [4.78, 5) is 4.76. The van der Waals surface area contributed by atoms with Crippen LogP contribution in [0.25, 0.3) is 11.5 Å². The topological polar surface area (TPSA) is 90.1 Å². The second-order valence-corrected chi connectivity index (χ2v) is 5.67. The lowest BCUT2D eigenvalue weighted by Crippen LogP contribution is -2.27. The van der Waals surface area contributed by atoms with E-state index in [1.54, 1.807) is 12.5 Å². The zero-order valence-electron chi connectivity index (χ0n) is 12.6. The van der Waals surface area contributed by atoms with Crippen LogP contribution in [0, 0.1) is 0 Å². The fourth-order valence-electron chi connectivity index (χ4n) is 3.10. The SMILES string of the molecule is CCn1nc(-c2ccn[nH]2)nc1[C@@H]1CC[C@@H]1c1nncn1C. The Bertz CT molecular complexity index is 769. The van der Waals surface area contributed by atoms with Gasteiger partial charge in [-0.1, -0.05) is 0 Å². The molecule has 8 heteroatoms. The van der Waals surface area contributed by atoms with Crippen LogP contribution in [0.1, 0.15) is 43.3 Å². The Balaban J connectivity index is 1.69. The van der Waals surface area contributed by atoms with Crippen molar-refractivity contribution in [2.75, 3.05) is 0 Å². The molecule has 3 heterocycles. The largest absolute Gasteiger partial charge is 0.320 e. The number of nitrogens with zero attached hydrogens (tertiary/aromatic N) is 7. The molecule has 0 bridgehead atoms. The summed E-state index contributed by atoms with van der Waals surface area (Å²) in [6.07, 6.45) is 5.70. The van der Waals surface area contributed by atoms with Crippen LogP contribution < -0.4 is 0 Å². The highest BCUT2D eigenvalue weighted by atomic mass is 15.4. The van der Waals surface area contributed by atoms with Gasteiger partial charge < -0.3 is 4.57 Å². The fourth-order valence-corrected chi connectivity index (χ4v) is 3.10. The molecule has 0 spiro atoms. The highest BCUT2D eigenvalue weighted by molar-refractivity contribution is 5.47. The van der Waals surface area contributed by atoms with Crippen LogP contribution in [0.5, 0.6) is 0 Å². The highest BCUT2D eigenvalue weighted by Gasteiger charge is 2.39. The van der Waals surface area contributed by atoms with Gasteiger partial charge in [0.1, 0.15) is 23.7 Å². The minimum Gasteiger partial charge on any atom is -0.320 e. The summed E-state index contributed by atoms with van der Waals surface area (Å²) in [5.41, 5.74) is 0.850. The molecule has 0 aromatic carbocycles. The number of hydrogen-bond acceptors (Lipinski definition) is 5. The first-order chi connectivity index (χ1) is 10.8. The normalized spacial score (nSPS) is 21.0. The monoisotopic (exact) mass is 298 g/mol. The Morgan fingerprint density at radius 2 is 2.09 bits per heavy atom. The molecule has 1 fully saturated rings. The number of nitrogens with one attached hydrogen (secondary N) is 1. The lowest BCUT2D eigenvalue weighted by molar-refractivity contribution is 0.302. The summed E-state index contributed by atoms with van der Waals surface area (Å²) < 4.78 is 3.99. The van der Waals surface area contributed by atoms with Crippen LogP contribution in [-0.4, -0.2) is 39.7 Å². The fraction of sp³-hybridized carbons (Fsp3) is 0.500. The molecule has 114 valence electrons. The van der Waals surface area contributed by atoms with Gasteiger partial charge in [0.2, 0.25) is 0 Å². The average molecular weight is 298 g/mol. The van der Waals surface area contributed by atoms with Gasteiger partial charge >= 0.3 is 0 Å². The van der Waals surface area contributed by atoms with E-state index < -0.39 is 0 Å². The van der Waals surface area contributed by atoms with E-state index in [0.717, 1.165) is 36.7 Å². The summed E-state index contributed by atoms with van der Waals surface area (Å²) >= 11 is 0. The van der Waals surface area contributed by atoms with Crippen LogP contribution >= 0.6 is 0 Å². The molecule has 22 heavy (non-hydrogen) atoms. The molecule has 2 atom stereocenters. The minimum atomic E-state index is 0.354. The van der Waals surface area contributed by atoms with Crippen molar-refractivity contribution in [3.05, 3.63) is 30.2 Å². The first-order valence-corrected chi connectivity index (χ1v) is 7.56. The summed E-state index contributed by atoms with van der Waals surface area (Å²) in [5.74, 6) is 3.50. The molecule has 0 radical (unpaired) electrons. The van der Waals surface area contributed by atoms with Gasteiger partial charge in [-0.2, -0.15) is 5.10 Å². The van der Waals surface area contributed by atoms with Crippen molar-refractivity contribution >= 4 is 0 Å². The molecule has 3 aromatic rings.